The van der Waals surface area contributed by atoms with Crippen LogP contribution in [0.3, 0.4) is 0 Å². The average Bonchev–Trinajstić information content (AvgIpc) is 3.40. The van der Waals surface area contributed by atoms with E-state index in [9.17, 15) is 14.0 Å². The Morgan fingerprint density at radius 3 is 2.64 bits per heavy atom. The number of rotatable bonds is 11. The van der Waals surface area contributed by atoms with Crippen LogP contribution in [0.25, 0.3) is 16.6 Å². The van der Waals surface area contributed by atoms with Crippen LogP contribution in [-0.2, 0) is 4.74 Å². The largest absolute Gasteiger partial charge is 0.493 e. The standard InChI is InChI=1S/C27H32FN3O5/c1-3-34-27(33)20-7-9-23-22(17-20)26(32)31(19(2)29-23)24-10-8-21(18-25(24)36-16-11-28)35-15-6-14-30-12-4-5-13-30/h7-10,17-18H,3-6,11-16H2,1-2H3. The first-order chi connectivity index (χ1) is 17.5. The van der Waals surface area contributed by atoms with Gasteiger partial charge in [0.25, 0.3) is 5.56 Å². The number of likely N-dealkylation sites (tertiary alicyclic amines) is 1. The van der Waals surface area contributed by atoms with Crippen LogP contribution in [0.2, 0.25) is 0 Å². The zero-order valence-corrected chi connectivity index (χ0v) is 20.8. The van der Waals surface area contributed by atoms with Crippen LogP contribution in [0.15, 0.2) is 41.2 Å². The lowest BCUT2D eigenvalue weighted by atomic mass is 10.1. The highest BCUT2D eigenvalue weighted by molar-refractivity contribution is 5.94. The number of alkyl halides is 1. The molecule has 1 aliphatic rings. The van der Waals surface area contributed by atoms with Crippen molar-refractivity contribution in [2.75, 3.05) is 46.1 Å². The fourth-order valence-electron chi connectivity index (χ4n) is 4.44. The van der Waals surface area contributed by atoms with Gasteiger partial charge in [-0.1, -0.05) is 0 Å². The van der Waals surface area contributed by atoms with Gasteiger partial charge in [-0.05, 0) is 76.5 Å². The first-order valence-corrected chi connectivity index (χ1v) is 12.4. The highest BCUT2D eigenvalue weighted by atomic mass is 19.1. The van der Waals surface area contributed by atoms with E-state index in [1.807, 2.05) is 0 Å². The van der Waals surface area contributed by atoms with Crippen molar-refractivity contribution in [2.45, 2.75) is 33.1 Å². The van der Waals surface area contributed by atoms with E-state index in [-0.39, 0.29) is 29.7 Å². The Kier molecular flexibility index (Phi) is 8.53. The summed E-state index contributed by atoms with van der Waals surface area (Å²) >= 11 is 0. The second-order valence-electron chi connectivity index (χ2n) is 8.67. The summed E-state index contributed by atoms with van der Waals surface area (Å²) in [5.74, 6) is 0.820. The molecule has 0 aliphatic carbocycles. The Morgan fingerprint density at radius 2 is 1.89 bits per heavy atom. The number of carbonyl (C=O) groups excluding carboxylic acids is 1. The minimum atomic E-state index is -0.674. The van der Waals surface area contributed by atoms with Gasteiger partial charge in [0.2, 0.25) is 0 Å². The number of hydrogen-bond donors (Lipinski definition) is 0. The molecule has 0 radical (unpaired) electrons. The van der Waals surface area contributed by atoms with Crippen molar-refractivity contribution < 1.29 is 23.4 Å². The van der Waals surface area contributed by atoms with Gasteiger partial charge in [0.05, 0.1) is 35.4 Å². The maximum absolute atomic E-state index is 13.5. The van der Waals surface area contributed by atoms with Crippen molar-refractivity contribution in [1.82, 2.24) is 14.5 Å². The van der Waals surface area contributed by atoms with Gasteiger partial charge in [-0.25, -0.2) is 14.2 Å². The molecule has 192 valence electrons. The van der Waals surface area contributed by atoms with Gasteiger partial charge in [-0.3, -0.25) is 9.36 Å². The smallest absolute Gasteiger partial charge is 0.338 e. The van der Waals surface area contributed by atoms with E-state index in [2.05, 4.69) is 9.88 Å². The highest BCUT2D eigenvalue weighted by Gasteiger charge is 2.17. The van der Waals surface area contributed by atoms with Crippen LogP contribution in [0.4, 0.5) is 4.39 Å². The Balaban J connectivity index is 1.63. The highest BCUT2D eigenvalue weighted by Crippen LogP contribution is 2.29. The first-order valence-electron chi connectivity index (χ1n) is 12.4. The zero-order valence-electron chi connectivity index (χ0n) is 20.8. The van der Waals surface area contributed by atoms with Crippen molar-refractivity contribution in [3.8, 4) is 17.2 Å². The molecule has 2 aromatic carbocycles. The molecule has 1 saturated heterocycles. The van der Waals surface area contributed by atoms with Crippen molar-refractivity contribution in [1.29, 1.82) is 0 Å². The number of nitrogens with zero attached hydrogens (tertiary/aromatic N) is 3. The molecule has 1 aromatic heterocycles. The molecule has 36 heavy (non-hydrogen) atoms. The topological polar surface area (TPSA) is 82.9 Å². The van der Waals surface area contributed by atoms with Gasteiger partial charge in [0.1, 0.15) is 30.6 Å². The third-order valence-corrected chi connectivity index (χ3v) is 6.14. The quantitative estimate of drug-likeness (QED) is 0.292. The molecule has 0 saturated carbocycles. The molecule has 9 heteroatoms. The number of esters is 1. The summed E-state index contributed by atoms with van der Waals surface area (Å²) in [6.07, 6.45) is 3.41. The Labute approximate surface area is 209 Å². The molecule has 1 fully saturated rings. The summed E-state index contributed by atoms with van der Waals surface area (Å²) in [5.41, 5.74) is 0.788. The van der Waals surface area contributed by atoms with Gasteiger partial charge in [0.15, 0.2) is 0 Å². The number of aromatic nitrogens is 2. The maximum Gasteiger partial charge on any atom is 0.338 e. The van der Waals surface area contributed by atoms with Gasteiger partial charge in [-0.2, -0.15) is 0 Å². The Hall–Kier alpha value is -3.46. The summed E-state index contributed by atoms with van der Waals surface area (Å²) in [7, 11) is 0. The van der Waals surface area contributed by atoms with E-state index < -0.39 is 12.6 Å². The maximum atomic E-state index is 13.5. The van der Waals surface area contributed by atoms with Crippen molar-refractivity contribution in [2.24, 2.45) is 0 Å². The van der Waals surface area contributed by atoms with E-state index in [0.29, 0.717) is 35.1 Å². The SMILES string of the molecule is CCOC(=O)c1ccc2nc(C)n(-c3ccc(OCCCN4CCCC4)cc3OCCF)c(=O)c2c1. The van der Waals surface area contributed by atoms with Gasteiger partial charge >= 0.3 is 5.97 Å². The van der Waals surface area contributed by atoms with Crippen LogP contribution in [0.1, 0.15) is 42.4 Å². The molecular formula is C27H32FN3O5. The van der Waals surface area contributed by atoms with E-state index in [4.69, 9.17) is 14.2 Å². The lowest BCUT2D eigenvalue weighted by Crippen LogP contribution is -2.23. The summed E-state index contributed by atoms with van der Waals surface area (Å²) in [6.45, 7) is 6.66. The molecule has 0 amide bonds. The van der Waals surface area contributed by atoms with E-state index >= 15 is 0 Å². The van der Waals surface area contributed by atoms with Crippen LogP contribution in [-0.4, -0.2) is 66.5 Å². The van der Waals surface area contributed by atoms with E-state index in [1.165, 1.54) is 23.5 Å². The lowest BCUT2D eigenvalue weighted by Gasteiger charge is -2.17. The summed E-state index contributed by atoms with van der Waals surface area (Å²) in [4.78, 5) is 32.7. The number of hydrogen-bond acceptors (Lipinski definition) is 7. The van der Waals surface area contributed by atoms with Crippen molar-refractivity contribution >= 4 is 16.9 Å². The average molecular weight is 498 g/mol. The first kappa shape index (κ1) is 25.6. The van der Waals surface area contributed by atoms with Crippen LogP contribution in [0, 0.1) is 6.92 Å². The molecule has 2 heterocycles. The number of benzene rings is 2. The molecule has 0 bridgehead atoms. The van der Waals surface area contributed by atoms with Crippen molar-refractivity contribution in [3.63, 3.8) is 0 Å². The van der Waals surface area contributed by atoms with Gasteiger partial charge < -0.3 is 19.1 Å². The molecular weight excluding hydrogens is 465 g/mol. The van der Waals surface area contributed by atoms with E-state index in [1.54, 1.807) is 44.2 Å². The molecule has 8 nitrogen and oxygen atoms in total. The van der Waals surface area contributed by atoms with E-state index in [0.717, 1.165) is 26.1 Å². The number of fused-ring (bicyclic) bond motifs is 1. The molecule has 1 aliphatic heterocycles. The van der Waals surface area contributed by atoms with Crippen molar-refractivity contribution in [3.05, 3.63) is 58.1 Å². The number of aryl methyl sites for hydroxylation is 1. The minimum Gasteiger partial charge on any atom is -0.493 e. The molecule has 0 spiro atoms. The molecule has 3 aromatic rings. The molecule has 4 rings (SSSR count). The summed E-state index contributed by atoms with van der Waals surface area (Å²) in [6, 6.07) is 9.84. The minimum absolute atomic E-state index is 0.159. The Morgan fingerprint density at radius 1 is 1.08 bits per heavy atom. The van der Waals surface area contributed by atoms with Crippen LogP contribution < -0.4 is 15.0 Å². The third kappa shape index (κ3) is 5.84. The predicted molar refractivity (Wildman–Crippen MR) is 135 cm³/mol. The third-order valence-electron chi connectivity index (χ3n) is 6.14. The molecule has 0 unspecified atom stereocenters. The van der Waals surface area contributed by atoms with Gasteiger partial charge in [0, 0.05) is 12.6 Å². The second-order valence-corrected chi connectivity index (χ2v) is 8.67. The summed E-state index contributed by atoms with van der Waals surface area (Å²) in [5, 5.41) is 0.268. The van der Waals surface area contributed by atoms with Crippen LogP contribution >= 0.6 is 0 Å². The normalized spacial score (nSPS) is 13.8. The van der Waals surface area contributed by atoms with Gasteiger partial charge in [-0.15, -0.1) is 0 Å². The number of carbonyl (C=O) groups is 1. The predicted octanol–water partition coefficient (Wildman–Crippen LogP) is 4.08. The Bertz CT molecular complexity index is 1270. The monoisotopic (exact) mass is 497 g/mol. The second kappa shape index (κ2) is 12.0. The molecule has 0 atom stereocenters. The number of ether oxygens (including phenoxy) is 3. The van der Waals surface area contributed by atoms with Crippen LogP contribution in [0.5, 0.6) is 11.5 Å². The summed E-state index contributed by atoms with van der Waals surface area (Å²) < 4.78 is 31.0. The lowest BCUT2D eigenvalue weighted by molar-refractivity contribution is 0.0526. The number of halogens is 1. The zero-order chi connectivity index (χ0) is 25.5. The fourth-order valence-corrected chi connectivity index (χ4v) is 4.44. The fraction of sp³-hybridized carbons (Fsp3) is 0.444. The molecule has 0 N–H and O–H groups in total.